The van der Waals surface area contributed by atoms with Gasteiger partial charge in [0.15, 0.2) is 0 Å². The van der Waals surface area contributed by atoms with E-state index in [0.717, 1.165) is 12.8 Å². The van der Waals surface area contributed by atoms with Crippen molar-refractivity contribution >= 4 is 17.7 Å². The molecule has 1 heterocycles. The highest BCUT2D eigenvalue weighted by molar-refractivity contribution is 5.96. The summed E-state index contributed by atoms with van der Waals surface area (Å²) in [5.74, 6) is -0.992. The molecular formula is C13H16N2O4. The van der Waals surface area contributed by atoms with Crippen LogP contribution < -0.4 is 4.90 Å². The van der Waals surface area contributed by atoms with Crippen LogP contribution in [-0.4, -0.2) is 46.7 Å². The number of carboxylic acids is 1. The molecular weight excluding hydrogens is 248 g/mol. The van der Waals surface area contributed by atoms with Crippen molar-refractivity contribution in [2.75, 3.05) is 24.5 Å². The third-order valence-corrected chi connectivity index (χ3v) is 3.06. The van der Waals surface area contributed by atoms with Gasteiger partial charge in [0, 0.05) is 18.8 Å². The fraction of sp³-hybridized carbons (Fsp3) is 0.385. The third-order valence-electron chi connectivity index (χ3n) is 3.06. The molecule has 1 saturated heterocycles. The predicted molar refractivity (Wildman–Crippen MR) is 69.3 cm³/mol. The lowest BCUT2D eigenvalue weighted by Gasteiger charge is -2.26. The quantitative estimate of drug-likeness (QED) is 0.866. The van der Waals surface area contributed by atoms with Gasteiger partial charge in [-0.1, -0.05) is 0 Å². The van der Waals surface area contributed by atoms with Crippen LogP contribution in [0.2, 0.25) is 0 Å². The Kier molecular flexibility index (Phi) is 3.89. The Hall–Kier alpha value is -2.24. The smallest absolute Gasteiger partial charge is 0.325 e. The van der Waals surface area contributed by atoms with Gasteiger partial charge < -0.3 is 15.1 Å². The number of phenolic OH excluding ortho intramolecular Hbond substituents is 1. The van der Waals surface area contributed by atoms with Crippen molar-refractivity contribution in [3.8, 4) is 5.75 Å². The molecule has 1 aromatic carbocycles. The summed E-state index contributed by atoms with van der Waals surface area (Å²) in [5.41, 5.74) is 0.470. The van der Waals surface area contributed by atoms with Gasteiger partial charge in [-0.05, 0) is 37.1 Å². The molecule has 1 aromatic rings. The molecule has 1 aliphatic heterocycles. The summed E-state index contributed by atoms with van der Waals surface area (Å²) in [5, 5.41) is 18.2. The first-order chi connectivity index (χ1) is 9.08. The largest absolute Gasteiger partial charge is 0.508 e. The zero-order valence-electron chi connectivity index (χ0n) is 10.5. The molecule has 19 heavy (non-hydrogen) atoms. The second-order valence-corrected chi connectivity index (χ2v) is 4.47. The lowest BCUT2D eigenvalue weighted by molar-refractivity contribution is -0.135. The number of benzene rings is 1. The Morgan fingerprint density at radius 1 is 1.16 bits per heavy atom. The van der Waals surface area contributed by atoms with Crippen LogP contribution in [0, 0.1) is 0 Å². The van der Waals surface area contributed by atoms with E-state index in [9.17, 15) is 14.7 Å². The van der Waals surface area contributed by atoms with Gasteiger partial charge >= 0.3 is 12.0 Å². The van der Waals surface area contributed by atoms with E-state index in [1.807, 2.05) is 0 Å². The van der Waals surface area contributed by atoms with Gasteiger partial charge in [-0.15, -0.1) is 0 Å². The number of hydrogen-bond donors (Lipinski definition) is 2. The first kappa shape index (κ1) is 13.2. The average Bonchev–Trinajstić information content (AvgIpc) is 2.90. The number of rotatable bonds is 3. The number of urea groups is 1. The topological polar surface area (TPSA) is 81.1 Å². The number of phenols is 1. The van der Waals surface area contributed by atoms with Gasteiger partial charge in [0.25, 0.3) is 0 Å². The summed E-state index contributed by atoms with van der Waals surface area (Å²) in [4.78, 5) is 26.1. The molecule has 1 fully saturated rings. The summed E-state index contributed by atoms with van der Waals surface area (Å²) in [7, 11) is 0. The molecule has 0 bridgehead atoms. The first-order valence-electron chi connectivity index (χ1n) is 6.15. The maximum Gasteiger partial charge on any atom is 0.325 e. The minimum Gasteiger partial charge on any atom is -0.508 e. The van der Waals surface area contributed by atoms with Gasteiger partial charge in [-0.2, -0.15) is 0 Å². The van der Waals surface area contributed by atoms with Crippen LogP contribution in [0.15, 0.2) is 24.3 Å². The van der Waals surface area contributed by atoms with E-state index in [1.54, 1.807) is 4.90 Å². The first-order valence-corrected chi connectivity index (χ1v) is 6.15. The summed E-state index contributed by atoms with van der Waals surface area (Å²) >= 11 is 0. The van der Waals surface area contributed by atoms with E-state index in [0.29, 0.717) is 18.8 Å². The SMILES string of the molecule is O=C(O)CN(C(=O)N1CCCC1)c1ccc(O)cc1. The molecule has 0 radical (unpaired) electrons. The van der Waals surface area contributed by atoms with Crippen molar-refractivity contribution in [2.45, 2.75) is 12.8 Å². The standard InChI is InChI=1S/C13H16N2O4/c16-11-5-3-10(4-6-11)15(9-12(17)18)13(19)14-7-1-2-8-14/h3-6,16H,1-2,7-9H2,(H,17,18). The number of hydrogen-bond acceptors (Lipinski definition) is 3. The van der Waals surface area contributed by atoms with Crippen LogP contribution in [0.5, 0.6) is 5.75 Å². The summed E-state index contributed by atoms with van der Waals surface area (Å²) in [6.45, 7) is 0.931. The van der Waals surface area contributed by atoms with Crippen molar-refractivity contribution in [1.29, 1.82) is 0 Å². The van der Waals surface area contributed by atoms with Crippen molar-refractivity contribution < 1.29 is 19.8 Å². The summed E-state index contributed by atoms with van der Waals surface area (Å²) < 4.78 is 0. The van der Waals surface area contributed by atoms with Crippen molar-refractivity contribution in [3.63, 3.8) is 0 Å². The molecule has 6 heteroatoms. The number of anilines is 1. The highest BCUT2D eigenvalue weighted by Crippen LogP contribution is 2.21. The second kappa shape index (κ2) is 5.60. The van der Waals surface area contributed by atoms with E-state index in [2.05, 4.69) is 0 Å². The number of aliphatic carboxylic acids is 1. The van der Waals surface area contributed by atoms with Gasteiger partial charge in [0.05, 0.1) is 0 Å². The maximum absolute atomic E-state index is 12.3. The van der Waals surface area contributed by atoms with Gasteiger partial charge in [-0.3, -0.25) is 9.69 Å². The zero-order valence-corrected chi connectivity index (χ0v) is 10.5. The number of carbonyl (C=O) groups excluding carboxylic acids is 1. The molecule has 0 saturated carbocycles. The van der Waals surface area contributed by atoms with E-state index >= 15 is 0 Å². The normalized spacial score (nSPS) is 14.4. The number of carboxylic acid groups (broad SMARTS) is 1. The molecule has 2 N–H and O–H groups in total. The van der Waals surface area contributed by atoms with Crippen LogP contribution >= 0.6 is 0 Å². The molecule has 0 unspecified atom stereocenters. The molecule has 102 valence electrons. The number of nitrogens with zero attached hydrogens (tertiary/aromatic N) is 2. The van der Waals surface area contributed by atoms with Crippen LogP contribution in [0.4, 0.5) is 10.5 Å². The highest BCUT2D eigenvalue weighted by Gasteiger charge is 2.26. The van der Waals surface area contributed by atoms with Crippen molar-refractivity contribution in [1.82, 2.24) is 4.90 Å². The van der Waals surface area contributed by atoms with Gasteiger partial charge in [0.2, 0.25) is 0 Å². The molecule has 0 atom stereocenters. The fourth-order valence-electron chi connectivity index (χ4n) is 2.12. The molecule has 2 rings (SSSR count). The second-order valence-electron chi connectivity index (χ2n) is 4.47. The molecule has 2 amide bonds. The molecule has 0 aliphatic carbocycles. The Bertz CT molecular complexity index is 466. The third kappa shape index (κ3) is 3.15. The Labute approximate surface area is 110 Å². The molecule has 1 aliphatic rings. The Balaban J connectivity index is 2.21. The van der Waals surface area contributed by atoms with Crippen molar-refractivity contribution in [2.24, 2.45) is 0 Å². The van der Waals surface area contributed by atoms with E-state index in [4.69, 9.17) is 5.11 Å². The van der Waals surface area contributed by atoms with E-state index < -0.39 is 5.97 Å². The molecule has 6 nitrogen and oxygen atoms in total. The Morgan fingerprint density at radius 3 is 2.26 bits per heavy atom. The summed E-state index contributed by atoms with van der Waals surface area (Å²) in [6, 6.07) is 5.63. The maximum atomic E-state index is 12.3. The van der Waals surface area contributed by atoms with E-state index in [-0.39, 0.29) is 18.3 Å². The van der Waals surface area contributed by atoms with Crippen LogP contribution in [-0.2, 0) is 4.79 Å². The van der Waals surface area contributed by atoms with Gasteiger partial charge in [-0.25, -0.2) is 4.79 Å². The van der Waals surface area contributed by atoms with Crippen molar-refractivity contribution in [3.05, 3.63) is 24.3 Å². The number of aromatic hydroxyl groups is 1. The van der Waals surface area contributed by atoms with Crippen LogP contribution in [0.25, 0.3) is 0 Å². The minimum atomic E-state index is -1.07. The van der Waals surface area contributed by atoms with Crippen LogP contribution in [0.1, 0.15) is 12.8 Å². The van der Waals surface area contributed by atoms with E-state index in [1.165, 1.54) is 29.2 Å². The molecule has 0 aromatic heterocycles. The minimum absolute atomic E-state index is 0.0765. The summed E-state index contributed by atoms with van der Waals surface area (Å²) in [6.07, 6.45) is 1.89. The highest BCUT2D eigenvalue weighted by atomic mass is 16.4. The monoisotopic (exact) mass is 264 g/mol. The number of carbonyl (C=O) groups is 2. The van der Waals surface area contributed by atoms with Crippen LogP contribution in [0.3, 0.4) is 0 Å². The Morgan fingerprint density at radius 2 is 1.74 bits per heavy atom. The fourth-order valence-corrected chi connectivity index (χ4v) is 2.12. The average molecular weight is 264 g/mol. The predicted octanol–water partition coefficient (Wildman–Crippen LogP) is 1.50. The van der Waals surface area contributed by atoms with Gasteiger partial charge in [0.1, 0.15) is 12.3 Å². The lowest BCUT2D eigenvalue weighted by atomic mass is 10.2. The zero-order chi connectivity index (χ0) is 13.8. The lowest BCUT2D eigenvalue weighted by Crippen LogP contribution is -2.44. The number of likely N-dealkylation sites (tertiary alicyclic amines) is 1. The molecule has 0 spiro atoms. The number of amides is 2.